The summed E-state index contributed by atoms with van der Waals surface area (Å²) >= 11 is 6.12. The van der Waals surface area contributed by atoms with Crippen LogP contribution in [0.1, 0.15) is 19.3 Å². The minimum absolute atomic E-state index is 0.0152. The smallest absolute Gasteiger partial charge is 0.245 e. The molecule has 0 bridgehead atoms. The van der Waals surface area contributed by atoms with Crippen molar-refractivity contribution >= 4 is 32.7 Å². The molecular formula is C14H18ClN3O3S. The molecule has 0 aliphatic heterocycles. The van der Waals surface area contributed by atoms with Crippen LogP contribution in [0.25, 0.3) is 11.0 Å². The van der Waals surface area contributed by atoms with E-state index >= 15 is 0 Å². The Morgan fingerprint density at radius 1 is 1.50 bits per heavy atom. The van der Waals surface area contributed by atoms with Gasteiger partial charge in [-0.1, -0.05) is 18.0 Å². The lowest BCUT2D eigenvalue weighted by Crippen LogP contribution is -2.34. The van der Waals surface area contributed by atoms with Crippen LogP contribution in [0.15, 0.2) is 23.4 Å². The highest BCUT2D eigenvalue weighted by Gasteiger charge is 2.32. The number of aliphatic hydroxyl groups excluding tert-OH is 1. The standard InChI is InChI=1S/C14H18ClN3O3S/c1-18(8-9-3-2-4-11(9)19)22(20,21)12-7-17-14-13(12)10(15)5-6-16-14/h5-7,9,11,19H,2-4,8H2,1H3,(H,16,17). The summed E-state index contributed by atoms with van der Waals surface area (Å²) in [5.74, 6) is -0.0152. The van der Waals surface area contributed by atoms with Gasteiger partial charge in [0, 0.05) is 26.0 Å². The van der Waals surface area contributed by atoms with Crippen molar-refractivity contribution in [3.8, 4) is 0 Å². The Kier molecular flexibility index (Phi) is 4.15. The lowest BCUT2D eigenvalue weighted by molar-refractivity contribution is 0.123. The van der Waals surface area contributed by atoms with E-state index in [9.17, 15) is 13.5 Å². The molecule has 2 aromatic rings. The van der Waals surface area contributed by atoms with Crippen molar-refractivity contribution in [2.24, 2.45) is 5.92 Å². The van der Waals surface area contributed by atoms with Gasteiger partial charge in [-0.05, 0) is 24.8 Å². The summed E-state index contributed by atoms with van der Waals surface area (Å²) in [7, 11) is -2.16. The van der Waals surface area contributed by atoms with Crippen LogP contribution in [0.2, 0.25) is 5.02 Å². The molecule has 0 saturated heterocycles. The van der Waals surface area contributed by atoms with Crippen molar-refractivity contribution in [3.05, 3.63) is 23.5 Å². The molecule has 2 unspecified atom stereocenters. The van der Waals surface area contributed by atoms with Crippen molar-refractivity contribution in [2.45, 2.75) is 30.3 Å². The monoisotopic (exact) mass is 343 g/mol. The number of rotatable bonds is 4. The van der Waals surface area contributed by atoms with E-state index in [0.29, 0.717) is 22.6 Å². The molecule has 8 heteroatoms. The molecule has 0 radical (unpaired) electrons. The Bertz CT molecular complexity index is 790. The molecule has 1 aliphatic carbocycles. The molecular weight excluding hydrogens is 326 g/mol. The maximum Gasteiger partial charge on any atom is 0.245 e. The van der Waals surface area contributed by atoms with Crippen LogP contribution in [-0.4, -0.2) is 47.5 Å². The summed E-state index contributed by atoms with van der Waals surface area (Å²) in [6.07, 6.45) is 5.03. The fourth-order valence-corrected chi connectivity index (χ4v) is 4.72. The van der Waals surface area contributed by atoms with Crippen LogP contribution >= 0.6 is 11.6 Å². The molecule has 2 aromatic heterocycles. The Morgan fingerprint density at radius 2 is 2.27 bits per heavy atom. The third kappa shape index (κ3) is 2.62. The number of nitrogens with zero attached hydrogens (tertiary/aromatic N) is 2. The first-order valence-corrected chi connectivity index (χ1v) is 8.99. The summed E-state index contributed by atoms with van der Waals surface area (Å²) in [5, 5.41) is 10.6. The predicted molar refractivity (Wildman–Crippen MR) is 84.3 cm³/mol. The van der Waals surface area contributed by atoms with Gasteiger partial charge < -0.3 is 10.1 Å². The second kappa shape index (κ2) is 5.81. The normalized spacial score (nSPS) is 22.7. The highest BCUT2D eigenvalue weighted by Crippen LogP contribution is 2.32. The number of pyridine rings is 1. The van der Waals surface area contributed by atoms with E-state index in [1.54, 1.807) is 6.07 Å². The maximum atomic E-state index is 12.8. The van der Waals surface area contributed by atoms with Gasteiger partial charge >= 0.3 is 0 Å². The van der Waals surface area contributed by atoms with Gasteiger partial charge in [-0.2, -0.15) is 0 Å². The summed E-state index contributed by atoms with van der Waals surface area (Å²) in [6, 6.07) is 1.57. The molecule has 1 fully saturated rings. The van der Waals surface area contributed by atoms with Crippen molar-refractivity contribution < 1.29 is 13.5 Å². The number of hydrogen-bond acceptors (Lipinski definition) is 4. The van der Waals surface area contributed by atoms with Crippen LogP contribution in [0.5, 0.6) is 0 Å². The average Bonchev–Trinajstić information content (AvgIpc) is 3.07. The molecule has 1 saturated carbocycles. The van der Waals surface area contributed by atoms with E-state index in [4.69, 9.17) is 11.6 Å². The minimum Gasteiger partial charge on any atom is -0.393 e. The lowest BCUT2D eigenvalue weighted by atomic mass is 10.1. The SMILES string of the molecule is CN(CC1CCCC1O)S(=O)(=O)c1c[nH]c2nccc(Cl)c12. The molecule has 2 atom stereocenters. The maximum absolute atomic E-state index is 12.8. The molecule has 3 rings (SSSR count). The highest BCUT2D eigenvalue weighted by atomic mass is 35.5. The summed E-state index contributed by atoms with van der Waals surface area (Å²) in [6.45, 7) is 0.300. The Balaban J connectivity index is 1.94. The zero-order valence-electron chi connectivity index (χ0n) is 12.2. The van der Waals surface area contributed by atoms with Crippen molar-refractivity contribution in [1.82, 2.24) is 14.3 Å². The number of halogens is 1. The number of sulfonamides is 1. The third-order valence-corrected chi connectivity index (χ3v) is 6.45. The average molecular weight is 344 g/mol. The second-order valence-electron chi connectivity index (χ2n) is 5.71. The molecule has 0 amide bonds. The molecule has 22 heavy (non-hydrogen) atoms. The molecule has 0 aromatic carbocycles. The van der Waals surface area contributed by atoms with Gasteiger partial charge in [0.15, 0.2) is 0 Å². The van der Waals surface area contributed by atoms with Gasteiger partial charge in [0.25, 0.3) is 0 Å². The van der Waals surface area contributed by atoms with Crippen LogP contribution in [0.3, 0.4) is 0 Å². The largest absolute Gasteiger partial charge is 0.393 e. The topological polar surface area (TPSA) is 86.3 Å². The van der Waals surface area contributed by atoms with E-state index < -0.39 is 16.1 Å². The molecule has 120 valence electrons. The first-order valence-electron chi connectivity index (χ1n) is 7.17. The van der Waals surface area contributed by atoms with Crippen LogP contribution in [0, 0.1) is 5.92 Å². The van der Waals surface area contributed by atoms with Crippen LogP contribution < -0.4 is 0 Å². The van der Waals surface area contributed by atoms with Gasteiger partial charge in [0.2, 0.25) is 10.0 Å². The number of H-pyrrole nitrogens is 1. The molecule has 0 spiro atoms. The summed E-state index contributed by atoms with van der Waals surface area (Å²) in [4.78, 5) is 7.05. The third-order valence-electron chi connectivity index (χ3n) is 4.29. The molecule has 1 aliphatic rings. The van der Waals surface area contributed by atoms with E-state index in [2.05, 4.69) is 9.97 Å². The van der Waals surface area contributed by atoms with Crippen molar-refractivity contribution in [1.29, 1.82) is 0 Å². The Morgan fingerprint density at radius 3 is 2.95 bits per heavy atom. The minimum atomic E-state index is -3.69. The number of aromatic nitrogens is 2. The number of fused-ring (bicyclic) bond motifs is 1. The van der Waals surface area contributed by atoms with Gasteiger partial charge in [-0.15, -0.1) is 0 Å². The first-order chi connectivity index (χ1) is 10.4. The second-order valence-corrected chi connectivity index (χ2v) is 8.13. The van der Waals surface area contributed by atoms with Crippen molar-refractivity contribution in [3.63, 3.8) is 0 Å². The number of aliphatic hydroxyl groups is 1. The van der Waals surface area contributed by atoms with Gasteiger partial charge in [-0.25, -0.2) is 17.7 Å². The van der Waals surface area contributed by atoms with E-state index in [1.165, 1.54) is 23.7 Å². The Labute approximate surface area is 134 Å². The van der Waals surface area contributed by atoms with E-state index in [1.807, 2.05) is 0 Å². The summed E-state index contributed by atoms with van der Waals surface area (Å²) < 4.78 is 26.9. The lowest BCUT2D eigenvalue weighted by Gasteiger charge is -2.22. The summed E-state index contributed by atoms with van der Waals surface area (Å²) in [5.41, 5.74) is 0.445. The fourth-order valence-electron chi connectivity index (χ4n) is 3.02. The quantitative estimate of drug-likeness (QED) is 0.889. The van der Waals surface area contributed by atoms with E-state index in [-0.39, 0.29) is 10.8 Å². The van der Waals surface area contributed by atoms with Crippen molar-refractivity contribution in [2.75, 3.05) is 13.6 Å². The predicted octanol–water partition coefficient (Wildman–Crippen LogP) is 2.00. The van der Waals surface area contributed by atoms with Crippen LogP contribution in [0.4, 0.5) is 0 Å². The number of hydrogen-bond donors (Lipinski definition) is 2. The van der Waals surface area contributed by atoms with E-state index in [0.717, 1.165) is 19.3 Å². The number of nitrogens with one attached hydrogen (secondary N) is 1. The zero-order chi connectivity index (χ0) is 15.9. The van der Waals surface area contributed by atoms with Crippen LogP contribution in [-0.2, 0) is 10.0 Å². The molecule has 2 heterocycles. The first kappa shape index (κ1) is 15.7. The zero-order valence-corrected chi connectivity index (χ0v) is 13.7. The molecule has 2 N–H and O–H groups in total. The van der Waals surface area contributed by atoms with Gasteiger partial charge in [0.05, 0.1) is 16.5 Å². The molecule has 6 nitrogen and oxygen atoms in total. The van der Waals surface area contributed by atoms with Gasteiger partial charge in [0.1, 0.15) is 10.5 Å². The number of aromatic amines is 1. The fraction of sp³-hybridized carbons (Fsp3) is 0.500. The Hall–Kier alpha value is -1.15. The highest BCUT2D eigenvalue weighted by molar-refractivity contribution is 7.89. The van der Waals surface area contributed by atoms with Gasteiger partial charge in [-0.3, -0.25) is 0 Å².